The van der Waals surface area contributed by atoms with Gasteiger partial charge in [0, 0.05) is 12.6 Å². The molecular formula is C13H16F3N3O3. The molecule has 0 atom stereocenters. The summed E-state index contributed by atoms with van der Waals surface area (Å²) < 4.78 is 49.4. The minimum Gasteiger partial charge on any atom is -0.475 e. The van der Waals surface area contributed by atoms with Crippen LogP contribution in [0.25, 0.3) is 0 Å². The number of alkyl halides is 3. The van der Waals surface area contributed by atoms with E-state index in [2.05, 4.69) is 4.98 Å². The maximum Gasteiger partial charge on any atom is 0.433 e. The van der Waals surface area contributed by atoms with Crippen molar-refractivity contribution in [2.45, 2.75) is 32.5 Å². The first-order chi connectivity index (χ1) is 10.3. The van der Waals surface area contributed by atoms with E-state index in [9.17, 15) is 18.0 Å². The van der Waals surface area contributed by atoms with Gasteiger partial charge in [-0.15, -0.1) is 0 Å². The summed E-state index contributed by atoms with van der Waals surface area (Å²) in [5.74, 6) is -0.477. The molecular weight excluding hydrogens is 303 g/mol. The van der Waals surface area contributed by atoms with E-state index in [0.29, 0.717) is 0 Å². The second kappa shape index (κ2) is 6.37. The number of carbonyl (C=O) groups is 1. The van der Waals surface area contributed by atoms with Crippen molar-refractivity contribution in [3.05, 3.63) is 17.4 Å². The van der Waals surface area contributed by atoms with Crippen LogP contribution in [0.15, 0.2) is 6.07 Å². The van der Waals surface area contributed by atoms with Crippen LogP contribution in [0.3, 0.4) is 0 Å². The molecule has 122 valence electrons. The highest BCUT2D eigenvalue weighted by molar-refractivity contribution is 5.74. The number of carbonyl (C=O) groups excluding carboxylic acids is 1. The number of hydrogen-bond acceptors (Lipinski definition) is 5. The third-order valence-electron chi connectivity index (χ3n) is 3.10. The molecule has 1 aromatic rings. The lowest BCUT2D eigenvalue weighted by Crippen LogP contribution is -2.28. The van der Waals surface area contributed by atoms with Gasteiger partial charge in [0.2, 0.25) is 5.62 Å². The summed E-state index contributed by atoms with van der Waals surface area (Å²) >= 11 is 0. The summed E-state index contributed by atoms with van der Waals surface area (Å²) in [5, 5.41) is 7.53. The average Bonchev–Trinajstić information content (AvgIpc) is 3.26. The van der Waals surface area contributed by atoms with E-state index in [0.717, 1.165) is 18.9 Å². The number of nitrogens with zero attached hydrogens (tertiary/aromatic N) is 2. The zero-order chi connectivity index (χ0) is 16.3. The number of aromatic nitrogens is 2. The number of esters is 1. The van der Waals surface area contributed by atoms with Crippen LogP contribution in [0.4, 0.5) is 13.2 Å². The van der Waals surface area contributed by atoms with Gasteiger partial charge in [0.05, 0.1) is 5.92 Å². The van der Waals surface area contributed by atoms with E-state index >= 15 is 0 Å². The first kappa shape index (κ1) is 16.3. The predicted octanol–water partition coefficient (Wildman–Crippen LogP) is 1.73. The summed E-state index contributed by atoms with van der Waals surface area (Å²) in [6.07, 6.45) is -3.02. The Morgan fingerprint density at radius 3 is 2.68 bits per heavy atom. The van der Waals surface area contributed by atoms with Crippen LogP contribution >= 0.6 is 0 Å². The Bertz CT molecular complexity index is 609. The van der Waals surface area contributed by atoms with Crippen LogP contribution < -0.4 is 10.4 Å². The SMILES string of the molecule is CCn1c(OCCOC(=O)C2CC2)cc(C(F)(F)F)nc1=N. The Balaban J connectivity index is 2.02. The molecule has 1 N–H and O–H groups in total. The van der Waals surface area contributed by atoms with Gasteiger partial charge >= 0.3 is 12.1 Å². The van der Waals surface area contributed by atoms with E-state index in [1.54, 1.807) is 6.92 Å². The first-order valence-corrected chi connectivity index (χ1v) is 6.86. The molecule has 0 amide bonds. The summed E-state index contributed by atoms with van der Waals surface area (Å²) in [5.41, 5.74) is -1.73. The summed E-state index contributed by atoms with van der Waals surface area (Å²) in [7, 11) is 0. The zero-order valence-corrected chi connectivity index (χ0v) is 11.9. The van der Waals surface area contributed by atoms with E-state index in [-0.39, 0.29) is 37.5 Å². The van der Waals surface area contributed by atoms with Crippen molar-refractivity contribution in [1.82, 2.24) is 9.55 Å². The molecule has 1 aromatic heterocycles. The number of rotatable bonds is 6. The van der Waals surface area contributed by atoms with Gasteiger partial charge in [-0.1, -0.05) is 0 Å². The molecule has 0 saturated heterocycles. The Morgan fingerprint density at radius 1 is 1.45 bits per heavy atom. The van der Waals surface area contributed by atoms with Crippen LogP contribution in [-0.2, 0) is 22.3 Å². The molecule has 22 heavy (non-hydrogen) atoms. The van der Waals surface area contributed by atoms with Crippen LogP contribution in [0.1, 0.15) is 25.5 Å². The molecule has 0 bridgehead atoms. The monoisotopic (exact) mass is 319 g/mol. The Kier molecular flexibility index (Phi) is 4.72. The van der Waals surface area contributed by atoms with Crippen molar-refractivity contribution >= 4 is 5.97 Å². The highest BCUT2D eigenvalue weighted by atomic mass is 19.4. The van der Waals surface area contributed by atoms with Gasteiger partial charge < -0.3 is 9.47 Å². The molecule has 0 radical (unpaired) electrons. The smallest absolute Gasteiger partial charge is 0.433 e. The van der Waals surface area contributed by atoms with Gasteiger partial charge in [0.25, 0.3) is 0 Å². The summed E-state index contributed by atoms with van der Waals surface area (Å²) in [6.45, 7) is 1.77. The molecule has 1 heterocycles. The number of hydrogen-bond donors (Lipinski definition) is 1. The molecule has 2 rings (SSSR count). The second-order valence-corrected chi connectivity index (χ2v) is 4.84. The molecule has 1 saturated carbocycles. The van der Waals surface area contributed by atoms with Crippen molar-refractivity contribution in [2.24, 2.45) is 5.92 Å². The van der Waals surface area contributed by atoms with Crippen LogP contribution in [0, 0.1) is 11.3 Å². The number of halogens is 3. The van der Waals surface area contributed by atoms with E-state index in [4.69, 9.17) is 14.9 Å². The van der Waals surface area contributed by atoms with Crippen LogP contribution in [-0.4, -0.2) is 28.7 Å². The fraction of sp³-hybridized carbons (Fsp3) is 0.615. The fourth-order valence-electron chi connectivity index (χ4n) is 1.80. The van der Waals surface area contributed by atoms with E-state index in [1.807, 2.05) is 0 Å². The van der Waals surface area contributed by atoms with Crippen molar-refractivity contribution < 1.29 is 27.4 Å². The van der Waals surface area contributed by atoms with E-state index in [1.165, 1.54) is 4.57 Å². The predicted molar refractivity (Wildman–Crippen MR) is 67.9 cm³/mol. The Hall–Kier alpha value is -2.06. The van der Waals surface area contributed by atoms with Gasteiger partial charge in [-0.25, -0.2) is 4.98 Å². The quantitative estimate of drug-likeness (QED) is 0.640. The third kappa shape index (κ3) is 3.99. The zero-order valence-electron chi connectivity index (χ0n) is 11.9. The summed E-state index contributed by atoms with van der Waals surface area (Å²) in [4.78, 5) is 14.5. The fourth-order valence-corrected chi connectivity index (χ4v) is 1.80. The molecule has 1 aliphatic carbocycles. The Morgan fingerprint density at radius 2 is 2.14 bits per heavy atom. The normalized spacial score (nSPS) is 14.7. The molecule has 1 fully saturated rings. The van der Waals surface area contributed by atoms with Gasteiger partial charge in [-0.05, 0) is 19.8 Å². The average molecular weight is 319 g/mol. The molecule has 1 aliphatic rings. The lowest BCUT2D eigenvalue weighted by Gasteiger charge is -2.15. The molecule has 6 nitrogen and oxygen atoms in total. The maximum absolute atomic E-state index is 12.7. The topological polar surface area (TPSA) is 77.2 Å². The lowest BCUT2D eigenvalue weighted by atomic mass is 10.4. The highest BCUT2D eigenvalue weighted by Gasteiger charge is 2.34. The molecule has 0 aliphatic heterocycles. The first-order valence-electron chi connectivity index (χ1n) is 6.86. The van der Waals surface area contributed by atoms with Gasteiger partial charge in [0.15, 0.2) is 11.6 Å². The minimum atomic E-state index is -4.65. The maximum atomic E-state index is 12.7. The molecule has 0 aromatic carbocycles. The molecule has 0 unspecified atom stereocenters. The van der Waals surface area contributed by atoms with Crippen LogP contribution in [0.2, 0.25) is 0 Å². The molecule has 0 spiro atoms. The lowest BCUT2D eigenvalue weighted by molar-refractivity contribution is -0.145. The highest BCUT2D eigenvalue weighted by Crippen LogP contribution is 2.30. The largest absolute Gasteiger partial charge is 0.475 e. The van der Waals surface area contributed by atoms with Gasteiger partial charge in [0.1, 0.15) is 13.2 Å². The molecule has 9 heteroatoms. The van der Waals surface area contributed by atoms with Crippen LogP contribution in [0.5, 0.6) is 5.88 Å². The standard InChI is InChI=1S/C13H16F3N3O3/c1-2-19-10(7-9(13(14,15)16)18-12(19)17)21-5-6-22-11(20)8-3-4-8/h7-8,17H,2-6H2,1H3. The van der Waals surface area contributed by atoms with Crippen molar-refractivity contribution in [1.29, 1.82) is 5.41 Å². The number of ether oxygens (including phenoxy) is 2. The minimum absolute atomic E-state index is 0.0434. The number of nitrogens with one attached hydrogen (secondary N) is 1. The van der Waals surface area contributed by atoms with Crippen molar-refractivity contribution in [3.8, 4) is 5.88 Å². The second-order valence-electron chi connectivity index (χ2n) is 4.84. The van der Waals surface area contributed by atoms with E-state index < -0.39 is 17.5 Å². The third-order valence-corrected chi connectivity index (χ3v) is 3.10. The van der Waals surface area contributed by atoms with Gasteiger partial charge in [-0.3, -0.25) is 14.8 Å². The van der Waals surface area contributed by atoms with Crippen molar-refractivity contribution in [2.75, 3.05) is 13.2 Å². The Labute approximate surface area is 124 Å². The summed E-state index contributed by atoms with van der Waals surface area (Å²) in [6, 6.07) is 0.740. The van der Waals surface area contributed by atoms with Crippen molar-refractivity contribution in [3.63, 3.8) is 0 Å². The van der Waals surface area contributed by atoms with Gasteiger partial charge in [-0.2, -0.15) is 13.2 Å².